The van der Waals surface area contributed by atoms with E-state index in [-0.39, 0.29) is 23.6 Å². The lowest BCUT2D eigenvalue weighted by molar-refractivity contribution is -0.134. The van der Waals surface area contributed by atoms with Crippen LogP contribution in [-0.2, 0) is 24.3 Å². The summed E-state index contributed by atoms with van der Waals surface area (Å²) in [4.78, 5) is 14.6. The Morgan fingerprint density at radius 3 is 3.00 bits per heavy atom. The number of benzene rings is 1. The van der Waals surface area contributed by atoms with Crippen molar-refractivity contribution in [1.29, 1.82) is 0 Å². The maximum absolute atomic E-state index is 13.3. The van der Waals surface area contributed by atoms with Gasteiger partial charge in [-0.05, 0) is 30.0 Å². The molecule has 0 bridgehead atoms. The Bertz CT molecular complexity index is 757. The van der Waals surface area contributed by atoms with E-state index in [2.05, 4.69) is 21.7 Å². The van der Waals surface area contributed by atoms with Crippen LogP contribution in [0.1, 0.15) is 36.5 Å². The van der Waals surface area contributed by atoms with Crippen molar-refractivity contribution < 1.29 is 9.18 Å². The first-order valence-corrected chi connectivity index (χ1v) is 8.12. The second-order valence-electron chi connectivity index (χ2n) is 6.30. The molecule has 0 saturated heterocycles. The van der Waals surface area contributed by atoms with Crippen LogP contribution in [0.4, 0.5) is 4.39 Å². The highest BCUT2D eigenvalue weighted by atomic mass is 19.1. The van der Waals surface area contributed by atoms with Crippen LogP contribution in [0.3, 0.4) is 0 Å². The Hall–Kier alpha value is -2.24. The molecule has 23 heavy (non-hydrogen) atoms. The van der Waals surface area contributed by atoms with Gasteiger partial charge in [0.05, 0.1) is 6.54 Å². The molecular weight excluding hydrogens is 295 g/mol. The molecule has 1 aromatic heterocycles. The van der Waals surface area contributed by atoms with Crippen LogP contribution in [-0.4, -0.2) is 32.1 Å². The zero-order chi connectivity index (χ0) is 16.0. The molecule has 6 heteroatoms. The average Bonchev–Trinajstić information content (AvgIpc) is 3.26. The van der Waals surface area contributed by atoms with Crippen LogP contribution < -0.4 is 0 Å². The van der Waals surface area contributed by atoms with Crippen molar-refractivity contribution in [2.75, 3.05) is 6.54 Å². The molecule has 1 aliphatic carbocycles. The molecule has 2 atom stereocenters. The standard InChI is InChI=1S/C17H19FN4O/c1-2-15-19-20-16-10-21(6-7-22(15)16)17(23)14-9-13(14)11-4-3-5-12(18)8-11/h3-5,8,13-14H,2,6-7,9-10H2,1H3. The third-order valence-electron chi connectivity index (χ3n) is 4.84. The summed E-state index contributed by atoms with van der Waals surface area (Å²) in [6, 6.07) is 6.59. The van der Waals surface area contributed by atoms with Crippen molar-refractivity contribution in [3.05, 3.63) is 47.3 Å². The largest absolute Gasteiger partial charge is 0.333 e. The molecular formula is C17H19FN4O. The monoisotopic (exact) mass is 314 g/mol. The highest BCUT2D eigenvalue weighted by molar-refractivity contribution is 5.83. The quantitative estimate of drug-likeness (QED) is 0.872. The van der Waals surface area contributed by atoms with Crippen LogP contribution >= 0.6 is 0 Å². The van der Waals surface area contributed by atoms with Gasteiger partial charge in [0, 0.05) is 25.4 Å². The summed E-state index contributed by atoms with van der Waals surface area (Å²) in [6.07, 6.45) is 1.66. The van der Waals surface area contributed by atoms with Crippen molar-refractivity contribution in [2.45, 2.75) is 38.8 Å². The number of halogens is 1. The Balaban J connectivity index is 1.45. The zero-order valence-corrected chi connectivity index (χ0v) is 13.1. The van der Waals surface area contributed by atoms with Gasteiger partial charge in [0.2, 0.25) is 5.91 Å². The van der Waals surface area contributed by atoms with E-state index in [9.17, 15) is 9.18 Å². The minimum absolute atomic E-state index is 0.0167. The maximum atomic E-state index is 13.3. The van der Waals surface area contributed by atoms with E-state index < -0.39 is 0 Å². The lowest BCUT2D eigenvalue weighted by Gasteiger charge is -2.28. The number of aromatic nitrogens is 3. The SMILES string of the molecule is CCc1nnc2n1CCN(C(=O)C1CC1c1cccc(F)c1)C2. The molecule has 1 aromatic carbocycles. The van der Waals surface area contributed by atoms with Crippen molar-refractivity contribution in [1.82, 2.24) is 19.7 Å². The molecule has 5 nitrogen and oxygen atoms in total. The summed E-state index contributed by atoms with van der Waals surface area (Å²) in [6.45, 7) is 4.04. The predicted octanol–water partition coefficient (Wildman–Crippen LogP) is 2.13. The van der Waals surface area contributed by atoms with Crippen LogP contribution in [0.15, 0.2) is 24.3 Å². The molecule has 2 heterocycles. The summed E-state index contributed by atoms with van der Waals surface area (Å²) >= 11 is 0. The molecule has 1 amide bonds. The molecule has 0 spiro atoms. The Morgan fingerprint density at radius 1 is 1.35 bits per heavy atom. The summed E-state index contributed by atoms with van der Waals surface area (Å²) in [5.41, 5.74) is 0.928. The Morgan fingerprint density at radius 2 is 2.22 bits per heavy atom. The molecule has 120 valence electrons. The van der Waals surface area contributed by atoms with Gasteiger partial charge in [0.25, 0.3) is 0 Å². The first-order chi connectivity index (χ1) is 11.2. The number of fused-ring (bicyclic) bond motifs is 1. The van der Waals surface area contributed by atoms with Crippen LogP contribution in [0.5, 0.6) is 0 Å². The molecule has 4 rings (SSSR count). The van der Waals surface area contributed by atoms with Crippen molar-refractivity contribution in [3.8, 4) is 0 Å². The fourth-order valence-electron chi connectivity index (χ4n) is 3.48. The number of amides is 1. The number of hydrogen-bond acceptors (Lipinski definition) is 3. The van der Waals surface area contributed by atoms with Gasteiger partial charge in [-0.1, -0.05) is 19.1 Å². The fourth-order valence-corrected chi connectivity index (χ4v) is 3.48. The molecule has 1 saturated carbocycles. The van der Waals surface area contributed by atoms with Crippen LogP contribution in [0.25, 0.3) is 0 Å². The smallest absolute Gasteiger partial charge is 0.226 e. The van der Waals surface area contributed by atoms with Crippen LogP contribution in [0.2, 0.25) is 0 Å². The lowest BCUT2D eigenvalue weighted by Crippen LogP contribution is -2.39. The van der Waals surface area contributed by atoms with Gasteiger partial charge < -0.3 is 9.47 Å². The van der Waals surface area contributed by atoms with Gasteiger partial charge in [-0.3, -0.25) is 4.79 Å². The van der Waals surface area contributed by atoms with E-state index >= 15 is 0 Å². The Kier molecular flexibility index (Phi) is 3.39. The van der Waals surface area contributed by atoms with Gasteiger partial charge in [0.15, 0.2) is 5.82 Å². The van der Waals surface area contributed by atoms with Gasteiger partial charge >= 0.3 is 0 Å². The number of carbonyl (C=O) groups excluding carboxylic acids is 1. The van der Waals surface area contributed by atoms with E-state index in [0.29, 0.717) is 13.1 Å². The maximum Gasteiger partial charge on any atom is 0.226 e. The number of aryl methyl sites for hydroxylation is 1. The van der Waals surface area contributed by atoms with E-state index in [4.69, 9.17) is 0 Å². The van der Waals surface area contributed by atoms with Gasteiger partial charge in [-0.15, -0.1) is 10.2 Å². The second-order valence-corrected chi connectivity index (χ2v) is 6.30. The normalized spacial score (nSPS) is 22.8. The van der Waals surface area contributed by atoms with Crippen LogP contribution in [0, 0.1) is 11.7 Å². The minimum Gasteiger partial charge on any atom is -0.333 e. The van der Waals surface area contributed by atoms with E-state index in [1.165, 1.54) is 12.1 Å². The summed E-state index contributed by atoms with van der Waals surface area (Å²) in [5, 5.41) is 8.37. The lowest BCUT2D eigenvalue weighted by atomic mass is 10.1. The first kappa shape index (κ1) is 14.4. The number of rotatable bonds is 3. The Labute approximate surface area is 134 Å². The molecule has 0 radical (unpaired) electrons. The number of hydrogen-bond donors (Lipinski definition) is 0. The topological polar surface area (TPSA) is 51.0 Å². The summed E-state index contributed by atoms with van der Waals surface area (Å²) in [5.74, 6) is 1.91. The van der Waals surface area contributed by atoms with Crippen molar-refractivity contribution >= 4 is 5.91 Å². The molecule has 0 N–H and O–H groups in total. The molecule has 2 aliphatic rings. The number of carbonyl (C=O) groups is 1. The van der Waals surface area contributed by atoms with Crippen molar-refractivity contribution in [2.24, 2.45) is 5.92 Å². The molecule has 2 aromatic rings. The van der Waals surface area contributed by atoms with E-state index in [1.54, 1.807) is 6.07 Å². The molecule has 1 fully saturated rings. The number of nitrogens with zero attached hydrogens (tertiary/aromatic N) is 4. The van der Waals surface area contributed by atoms with Gasteiger partial charge in [-0.2, -0.15) is 0 Å². The molecule has 2 unspecified atom stereocenters. The zero-order valence-electron chi connectivity index (χ0n) is 13.1. The summed E-state index contributed by atoms with van der Waals surface area (Å²) < 4.78 is 15.4. The third kappa shape index (κ3) is 2.52. The third-order valence-corrected chi connectivity index (χ3v) is 4.84. The molecule has 1 aliphatic heterocycles. The minimum atomic E-state index is -0.237. The van der Waals surface area contributed by atoms with Crippen molar-refractivity contribution in [3.63, 3.8) is 0 Å². The second kappa shape index (κ2) is 5.44. The fraction of sp³-hybridized carbons (Fsp3) is 0.471. The highest BCUT2D eigenvalue weighted by Crippen LogP contribution is 2.48. The average molecular weight is 314 g/mol. The van der Waals surface area contributed by atoms with Gasteiger partial charge in [0.1, 0.15) is 11.6 Å². The first-order valence-electron chi connectivity index (χ1n) is 8.12. The highest BCUT2D eigenvalue weighted by Gasteiger charge is 2.46. The van der Waals surface area contributed by atoms with E-state index in [0.717, 1.165) is 36.6 Å². The van der Waals surface area contributed by atoms with Gasteiger partial charge in [-0.25, -0.2) is 4.39 Å². The predicted molar refractivity (Wildman–Crippen MR) is 82.1 cm³/mol. The van der Waals surface area contributed by atoms with E-state index in [1.807, 2.05) is 11.0 Å². The summed E-state index contributed by atoms with van der Waals surface area (Å²) in [7, 11) is 0.